The summed E-state index contributed by atoms with van der Waals surface area (Å²) in [6.07, 6.45) is 0.302. The van der Waals surface area contributed by atoms with Gasteiger partial charge in [0.15, 0.2) is 0 Å². The van der Waals surface area contributed by atoms with Crippen molar-refractivity contribution in [3.05, 3.63) is 12.7 Å². The number of carbonyl (C=O) groups is 3. The number of amides is 2. The molecule has 0 aliphatic carbocycles. The highest BCUT2D eigenvalue weighted by atomic mass is 28.4. The van der Waals surface area contributed by atoms with Crippen molar-refractivity contribution >= 4 is 27.0 Å². The lowest BCUT2D eigenvalue weighted by molar-refractivity contribution is -0.137. The number of esters is 1. The Morgan fingerprint density at radius 2 is 1.30 bits per heavy atom. The molecule has 0 spiro atoms. The second-order valence-electron chi connectivity index (χ2n) is 5.58. The van der Waals surface area contributed by atoms with E-state index in [1.807, 2.05) is 20.8 Å². The minimum absolute atomic E-state index is 0.00110. The molecule has 11 nitrogen and oxygen atoms in total. The Kier molecular flexibility index (Phi) is 16.4. The molecule has 0 radical (unpaired) electrons. The molecule has 0 bridgehead atoms. The highest BCUT2D eigenvalue weighted by molar-refractivity contribution is 6.60. The van der Waals surface area contributed by atoms with Crippen LogP contribution in [0.15, 0.2) is 12.7 Å². The van der Waals surface area contributed by atoms with Crippen molar-refractivity contribution in [1.82, 2.24) is 10.6 Å². The number of rotatable bonds is 17. The van der Waals surface area contributed by atoms with E-state index in [1.165, 1.54) is 0 Å². The van der Waals surface area contributed by atoms with Crippen LogP contribution in [0, 0.1) is 0 Å². The highest BCUT2D eigenvalue weighted by Gasteiger charge is 2.39. The van der Waals surface area contributed by atoms with E-state index < -0.39 is 27.0 Å². The molecule has 0 aromatic heterocycles. The van der Waals surface area contributed by atoms with Crippen LogP contribution in [0.2, 0.25) is 6.04 Å². The van der Waals surface area contributed by atoms with Gasteiger partial charge in [-0.2, -0.15) is 0 Å². The van der Waals surface area contributed by atoms with Crippen molar-refractivity contribution in [2.75, 3.05) is 52.7 Å². The monoisotopic (exact) mass is 450 g/mol. The van der Waals surface area contributed by atoms with Crippen LogP contribution >= 0.6 is 0 Å². The Labute approximate surface area is 178 Å². The SMILES string of the molecule is C=CC(=O)OCCNC(=O)OCCOC(=O)NCCC[Si](OCC)(OCC)OCC. The Morgan fingerprint density at radius 3 is 1.77 bits per heavy atom. The summed E-state index contributed by atoms with van der Waals surface area (Å²) in [7, 11) is -2.72. The van der Waals surface area contributed by atoms with Crippen LogP contribution in [0.25, 0.3) is 0 Å². The molecular weight excluding hydrogens is 416 g/mol. The van der Waals surface area contributed by atoms with Gasteiger partial charge < -0.3 is 38.1 Å². The van der Waals surface area contributed by atoms with Crippen molar-refractivity contribution in [2.24, 2.45) is 0 Å². The van der Waals surface area contributed by atoms with Crippen LogP contribution in [0.4, 0.5) is 9.59 Å². The molecule has 0 heterocycles. The highest BCUT2D eigenvalue weighted by Crippen LogP contribution is 2.17. The van der Waals surface area contributed by atoms with Gasteiger partial charge in [0.25, 0.3) is 0 Å². The van der Waals surface area contributed by atoms with Crippen LogP contribution in [0.5, 0.6) is 0 Å². The summed E-state index contributed by atoms with van der Waals surface area (Å²) >= 11 is 0. The zero-order valence-corrected chi connectivity index (χ0v) is 19.0. The maximum Gasteiger partial charge on any atom is 0.500 e. The number of carbonyl (C=O) groups excluding carboxylic acids is 3. The fourth-order valence-corrected chi connectivity index (χ4v) is 4.84. The van der Waals surface area contributed by atoms with Crippen LogP contribution in [0.1, 0.15) is 27.2 Å². The average molecular weight is 451 g/mol. The summed E-state index contributed by atoms with van der Waals surface area (Å²) in [6.45, 7) is 10.6. The maximum atomic E-state index is 11.7. The van der Waals surface area contributed by atoms with E-state index in [2.05, 4.69) is 21.9 Å². The molecule has 2 N–H and O–H groups in total. The van der Waals surface area contributed by atoms with Gasteiger partial charge in [-0.05, 0) is 27.2 Å². The van der Waals surface area contributed by atoms with E-state index >= 15 is 0 Å². The molecular formula is C18H34N2O9Si. The van der Waals surface area contributed by atoms with Gasteiger partial charge >= 0.3 is 27.0 Å². The van der Waals surface area contributed by atoms with E-state index in [0.29, 0.717) is 38.8 Å². The number of hydrogen-bond donors (Lipinski definition) is 2. The summed E-state index contributed by atoms with van der Waals surface area (Å²) < 4.78 is 31.6. The number of ether oxygens (including phenoxy) is 3. The molecule has 0 aliphatic rings. The topological polar surface area (TPSA) is 131 Å². The third kappa shape index (κ3) is 13.9. The Bertz CT molecular complexity index is 503. The fourth-order valence-electron chi connectivity index (χ4n) is 2.23. The first-order chi connectivity index (χ1) is 14.4. The minimum atomic E-state index is -2.72. The van der Waals surface area contributed by atoms with Crippen LogP contribution in [-0.4, -0.2) is 79.7 Å². The van der Waals surface area contributed by atoms with Gasteiger partial charge in [0.1, 0.15) is 19.8 Å². The molecule has 0 fully saturated rings. The van der Waals surface area contributed by atoms with E-state index in [9.17, 15) is 14.4 Å². The molecule has 0 atom stereocenters. The van der Waals surface area contributed by atoms with E-state index in [1.54, 1.807) is 0 Å². The first-order valence-electron chi connectivity index (χ1n) is 9.95. The first-order valence-corrected chi connectivity index (χ1v) is 11.9. The summed E-state index contributed by atoms with van der Waals surface area (Å²) in [5, 5.41) is 4.99. The van der Waals surface area contributed by atoms with Gasteiger partial charge in [-0.15, -0.1) is 0 Å². The standard InChI is InChI=1S/C18H34N2O9Si/c1-5-16(21)24-12-11-20-18(23)26-14-13-25-17(22)19-10-9-15-30(27-6-2,28-7-3)29-8-4/h5H,1,6-15H2,2-4H3,(H,19,22)(H,20,23). The van der Waals surface area contributed by atoms with Crippen molar-refractivity contribution < 1.29 is 41.9 Å². The normalized spacial score (nSPS) is 10.8. The fraction of sp³-hybridized carbons (Fsp3) is 0.722. The molecule has 0 saturated carbocycles. The lowest BCUT2D eigenvalue weighted by Crippen LogP contribution is -2.46. The maximum absolute atomic E-state index is 11.7. The summed E-state index contributed by atoms with van der Waals surface area (Å²) in [6, 6.07) is 0.578. The lowest BCUT2D eigenvalue weighted by atomic mass is 10.5. The molecule has 0 saturated heterocycles. The van der Waals surface area contributed by atoms with Gasteiger partial charge in [0, 0.05) is 38.5 Å². The smallest absolute Gasteiger partial charge is 0.461 e. The van der Waals surface area contributed by atoms with Crippen LogP contribution in [-0.2, 0) is 32.3 Å². The third-order valence-electron chi connectivity index (χ3n) is 3.35. The molecule has 0 aromatic carbocycles. The number of nitrogens with one attached hydrogen (secondary N) is 2. The van der Waals surface area contributed by atoms with Crippen LogP contribution in [0.3, 0.4) is 0 Å². The zero-order chi connectivity index (χ0) is 22.7. The molecule has 30 heavy (non-hydrogen) atoms. The molecule has 0 unspecified atom stereocenters. The molecule has 0 rings (SSSR count). The summed E-state index contributed by atoms with van der Waals surface area (Å²) in [5.74, 6) is -0.578. The molecule has 0 aromatic rings. The second kappa shape index (κ2) is 17.7. The van der Waals surface area contributed by atoms with Crippen LogP contribution < -0.4 is 10.6 Å². The quantitative estimate of drug-likeness (QED) is 0.112. The molecule has 174 valence electrons. The van der Waals surface area contributed by atoms with E-state index in [4.69, 9.17) is 22.8 Å². The molecule has 0 aliphatic heterocycles. The summed E-state index contributed by atoms with van der Waals surface area (Å²) in [4.78, 5) is 33.9. The van der Waals surface area contributed by atoms with Crippen molar-refractivity contribution in [3.8, 4) is 0 Å². The third-order valence-corrected chi connectivity index (χ3v) is 6.51. The minimum Gasteiger partial charge on any atom is -0.461 e. The van der Waals surface area contributed by atoms with E-state index in [-0.39, 0.29) is 26.4 Å². The Balaban J connectivity index is 3.87. The predicted molar refractivity (Wildman–Crippen MR) is 110 cm³/mol. The van der Waals surface area contributed by atoms with Gasteiger partial charge in [-0.1, -0.05) is 6.58 Å². The number of alkyl carbamates (subject to hydrolysis) is 2. The zero-order valence-electron chi connectivity index (χ0n) is 18.0. The van der Waals surface area contributed by atoms with Gasteiger partial charge in [0.2, 0.25) is 0 Å². The van der Waals surface area contributed by atoms with Crippen molar-refractivity contribution in [1.29, 1.82) is 0 Å². The first kappa shape index (κ1) is 27.8. The van der Waals surface area contributed by atoms with E-state index in [0.717, 1.165) is 6.08 Å². The lowest BCUT2D eigenvalue weighted by Gasteiger charge is -2.28. The van der Waals surface area contributed by atoms with Gasteiger partial charge in [0.05, 0.1) is 6.54 Å². The largest absolute Gasteiger partial charge is 0.500 e. The Morgan fingerprint density at radius 1 is 0.800 bits per heavy atom. The van der Waals surface area contributed by atoms with Crippen molar-refractivity contribution in [3.63, 3.8) is 0 Å². The molecule has 2 amide bonds. The molecule has 12 heteroatoms. The second-order valence-corrected chi connectivity index (χ2v) is 8.31. The summed E-state index contributed by atoms with van der Waals surface area (Å²) in [5.41, 5.74) is 0. The van der Waals surface area contributed by atoms with Crippen molar-refractivity contribution in [2.45, 2.75) is 33.2 Å². The predicted octanol–water partition coefficient (Wildman–Crippen LogP) is 1.61. The number of hydrogen-bond acceptors (Lipinski definition) is 9. The van der Waals surface area contributed by atoms with Gasteiger partial charge in [-0.25, -0.2) is 14.4 Å². The Hall–Kier alpha value is -2.15. The van der Waals surface area contributed by atoms with Gasteiger partial charge in [-0.3, -0.25) is 0 Å². The average Bonchev–Trinajstić information content (AvgIpc) is 2.72.